The van der Waals surface area contributed by atoms with Gasteiger partial charge in [-0.25, -0.2) is 0 Å². The lowest BCUT2D eigenvalue weighted by molar-refractivity contribution is 0.0681. The zero-order valence-corrected chi connectivity index (χ0v) is 16.4. The Labute approximate surface area is 161 Å². The lowest BCUT2D eigenvalue weighted by atomic mass is 9.62. The summed E-state index contributed by atoms with van der Waals surface area (Å²) in [6.45, 7) is 1.28. The SMILES string of the molecule is CNC[C@H](O)Cc1ccc(Cl)c(C(=O)NCC23CCCC(CCC2)C3)c1. The molecule has 2 saturated carbocycles. The van der Waals surface area contributed by atoms with Gasteiger partial charge < -0.3 is 15.7 Å². The topological polar surface area (TPSA) is 61.4 Å². The minimum absolute atomic E-state index is 0.0953. The van der Waals surface area contributed by atoms with Gasteiger partial charge in [0.1, 0.15) is 0 Å². The molecule has 4 nitrogen and oxygen atoms in total. The zero-order chi connectivity index (χ0) is 18.6. The number of carbonyl (C=O) groups is 1. The Bertz CT molecular complexity index is 624. The van der Waals surface area contributed by atoms with Crippen molar-refractivity contribution in [3.63, 3.8) is 0 Å². The van der Waals surface area contributed by atoms with Crippen LogP contribution < -0.4 is 10.6 Å². The molecule has 144 valence electrons. The van der Waals surface area contributed by atoms with Crippen LogP contribution in [0.5, 0.6) is 0 Å². The summed E-state index contributed by atoms with van der Waals surface area (Å²) in [6, 6.07) is 5.45. The van der Waals surface area contributed by atoms with Crippen LogP contribution in [0.25, 0.3) is 0 Å². The molecule has 1 aromatic carbocycles. The summed E-state index contributed by atoms with van der Waals surface area (Å²) < 4.78 is 0. The summed E-state index contributed by atoms with van der Waals surface area (Å²) >= 11 is 6.28. The van der Waals surface area contributed by atoms with Crippen molar-refractivity contribution in [2.75, 3.05) is 20.1 Å². The van der Waals surface area contributed by atoms with Crippen molar-refractivity contribution in [2.24, 2.45) is 11.3 Å². The van der Waals surface area contributed by atoms with Gasteiger partial charge in [-0.15, -0.1) is 0 Å². The zero-order valence-electron chi connectivity index (χ0n) is 15.7. The third kappa shape index (κ3) is 4.79. The number of carbonyl (C=O) groups excluding carboxylic acids is 1. The number of hydrogen-bond acceptors (Lipinski definition) is 3. The molecule has 2 bridgehead atoms. The van der Waals surface area contributed by atoms with E-state index in [2.05, 4.69) is 10.6 Å². The Morgan fingerprint density at radius 1 is 1.35 bits per heavy atom. The van der Waals surface area contributed by atoms with E-state index in [1.165, 1.54) is 44.9 Å². The number of likely N-dealkylation sites (N-methyl/N-ethyl adjacent to an activating group) is 1. The molecule has 5 heteroatoms. The monoisotopic (exact) mass is 378 g/mol. The molecule has 1 atom stereocenters. The average molecular weight is 379 g/mol. The highest BCUT2D eigenvalue weighted by atomic mass is 35.5. The van der Waals surface area contributed by atoms with Crippen LogP contribution in [-0.2, 0) is 6.42 Å². The third-order valence-corrected chi connectivity index (χ3v) is 6.50. The van der Waals surface area contributed by atoms with Gasteiger partial charge in [-0.3, -0.25) is 4.79 Å². The fourth-order valence-electron chi connectivity index (χ4n) is 4.89. The fraction of sp³-hybridized carbons (Fsp3) is 0.667. The molecule has 0 unspecified atom stereocenters. The second-order valence-corrected chi connectivity index (χ2v) is 8.67. The predicted molar refractivity (Wildman–Crippen MR) is 106 cm³/mol. The molecule has 3 N–H and O–H groups in total. The summed E-state index contributed by atoms with van der Waals surface area (Å²) in [5, 5.41) is 16.6. The molecule has 2 aliphatic carbocycles. The molecule has 2 fully saturated rings. The molecular formula is C21H31ClN2O2. The molecule has 2 aliphatic rings. The molecule has 0 aliphatic heterocycles. The van der Waals surface area contributed by atoms with E-state index in [9.17, 15) is 9.90 Å². The summed E-state index contributed by atoms with van der Waals surface area (Å²) in [4.78, 5) is 12.8. The van der Waals surface area contributed by atoms with Crippen LogP contribution in [0, 0.1) is 11.3 Å². The van der Waals surface area contributed by atoms with E-state index in [0.29, 0.717) is 29.0 Å². The van der Waals surface area contributed by atoms with Gasteiger partial charge in [0.15, 0.2) is 0 Å². The van der Waals surface area contributed by atoms with E-state index < -0.39 is 6.10 Å². The molecular weight excluding hydrogens is 348 g/mol. The lowest BCUT2D eigenvalue weighted by Gasteiger charge is -2.45. The number of benzene rings is 1. The smallest absolute Gasteiger partial charge is 0.252 e. The number of fused-ring (bicyclic) bond motifs is 2. The van der Waals surface area contributed by atoms with Gasteiger partial charge in [-0.1, -0.05) is 43.4 Å². The van der Waals surface area contributed by atoms with Gasteiger partial charge in [0.25, 0.3) is 5.91 Å². The maximum atomic E-state index is 12.8. The molecule has 1 amide bonds. The molecule has 0 aromatic heterocycles. The van der Waals surface area contributed by atoms with Gasteiger partial charge in [0.2, 0.25) is 0 Å². The Kier molecular flexibility index (Phi) is 6.60. The Balaban J connectivity index is 1.63. The van der Waals surface area contributed by atoms with Crippen LogP contribution >= 0.6 is 11.6 Å². The fourth-order valence-corrected chi connectivity index (χ4v) is 5.09. The Hall–Kier alpha value is -1.10. The van der Waals surface area contributed by atoms with Crippen molar-refractivity contribution in [1.82, 2.24) is 10.6 Å². The van der Waals surface area contributed by atoms with Gasteiger partial charge in [0.05, 0.1) is 16.7 Å². The molecule has 1 aromatic rings. The number of aliphatic hydroxyl groups is 1. The lowest BCUT2D eigenvalue weighted by Crippen LogP contribution is -2.43. The first-order valence-corrected chi connectivity index (χ1v) is 10.3. The molecule has 0 heterocycles. The van der Waals surface area contributed by atoms with Crippen LogP contribution in [0.4, 0.5) is 0 Å². The van der Waals surface area contributed by atoms with Gasteiger partial charge in [0, 0.05) is 13.1 Å². The Morgan fingerprint density at radius 2 is 2.08 bits per heavy atom. The van der Waals surface area contributed by atoms with E-state index in [1.54, 1.807) is 6.07 Å². The van der Waals surface area contributed by atoms with Crippen molar-refractivity contribution in [2.45, 2.75) is 57.5 Å². The highest BCUT2D eigenvalue weighted by Crippen LogP contribution is 2.48. The van der Waals surface area contributed by atoms with E-state index >= 15 is 0 Å². The number of amides is 1. The second-order valence-electron chi connectivity index (χ2n) is 8.27. The van der Waals surface area contributed by atoms with Crippen molar-refractivity contribution >= 4 is 17.5 Å². The molecule has 0 saturated heterocycles. The number of halogens is 1. The van der Waals surface area contributed by atoms with Gasteiger partial charge in [-0.2, -0.15) is 0 Å². The first-order valence-electron chi connectivity index (χ1n) is 9.91. The summed E-state index contributed by atoms with van der Waals surface area (Å²) in [5.41, 5.74) is 1.74. The third-order valence-electron chi connectivity index (χ3n) is 6.17. The van der Waals surface area contributed by atoms with E-state index in [1.807, 2.05) is 19.2 Å². The normalized spacial score (nSPS) is 26.3. The molecule has 26 heavy (non-hydrogen) atoms. The number of aliphatic hydroxyl groups excluding tert-OH is 1. The van der Waals surface area contributed by atoms with Crippen LogP contribution in [0.15, 0.2) is 18.2 Å². The molecule has 0 spiro atoms. The summed E-state index contributed by atoms with van der Waals surface area (Å²) in [5.74, 6) is 0.761. The molecule has 3 rings (SSSR count). The first kappa shape index (κ1) is 19.7. The van der Waals surface area contributed by atoms with Crippen LogP contribution in [0.1, 0.15) is 60.9 Å². The van der Waals surface area contributed by atoms with Crippen molar-refractivity contribution in [3.8, 4) is 0 Å². The van der Waals surface area contributed by atoms with Gasteiger partial charge >= 0.3 is 0 Å². The van der Waals surface area contributed by atoms with E-state index in [-0.39, 0.29) is 5.91 Å². The highest BCUT2D eigenvalue weighted by molar-refractivity contribution is 6.33. The van der Waals surface area contributed by atoms with Gasteiger partial charge in [-0.05, 0) is 61.8 Å². The average Bonchev–Trinajstić information content (AvgIpc) is 2.62. The quantitative estimate of drug-likeness (QED) is 0.679. The van der Waals surface area contributed by atoms with Crippen LogP contribution in [-0.4, -0.2) is 37.3 Å². The Morgan fingerprint density at radius 3 is 2.77 bits per heavy atom. The van der Waals surface area contributed by atoms with Crippen LogP contribution in [0.2, 0.25) is 5.02 Å². The van der Waals surface area contributed by atoms with Crippen molar-refractivity contribution in [3.05, 3.63) is 34.3 Å². The second kappa shape index (κ2) is 8.73. The minimum Gasteiger partial charge on any atom is -0.391 e. The van der Waals surface area contributed by atoms with E-state index in [4.69, 9.17) is 11.6 Å². The van der Waals surface area contributed by atoms with Crippen molar-refractivity contribution in [1.29, 1.82) is 0 Å². The highest BCUT2D eigenvalue weighted by Gasteiger charge is 2.39. The number of hydrogen-bond donors (Lipinski definition) is 3. The maximum Gasteiger partial charge on any atom is 0.252 e. The van der Waals surface area contributed by atoms with Crippen LogP contribution in [0.3, 0.4) is 0 Å². The van der Waals surface area contributed by atoms with Crippen molar-refractivity contribution < 1.29 is 9.90 Å². The molecule has 0 radical (unpaired) electrons. The largest absolute Gasteiger partial charge is 0.391 e. The van der Waals surface area contributed by atoms with E-state index in [0.717, 1.165) is 18.0 Å². The standard InChI is InChI=1S/C21H31ClN2O2/c1-23-13-17(25)10-16-6-7-19(22)18(11-16)20(26)24-14-21-8-2-4-15(12-21)5-3-9-21/h6-7,11,15,17,23,25H,2-5,8-10,12-14H2,1H3,(H,24,26)/t15?,17-,21?/m1/s1. The maximum absolute atomic E-state index is 12.8. The minimum atomic E-state index is -0.475. The number of nitrogens with one attached hydrogen (secondary N) is 2. The summed E-state index contributed by atoms with van der Waals surface area (Å²) in [7, 11) is 1.81. The summed E-state index contributed by atoms with van der Waals surface area (Å²) in [6.07, 6.45) is 9.05. The predicted octanol–water partition coefficient (Wildman–Crippen LogP) is 3.55. The first-order chi connectivity index (χ1) is 12.5. The number of rotatable bonds is 7.